The molecule has 0 atom stereocenters. The third-order valence-corrected chi connectivity index (χ3v) is 3.56. The first-order valence-corrected chi connectivity index (χ1v) is 5.89. The molecule has 2 rings (SSSR count). The third kappa shape index (κ3) is 2.87. The molecule has 0 amide bonds. The van der Waals surface area contributed by atoms with Gasteiger partial charge in [0.2, 0.25) is 0 Å². The van der Waals surface area contributed by atoms with E-state index in [4.69, 9.17) is 0 Å². The highest BCUT2D eigenvalue weighted by atomic mass is 16.2. The fourth-order valence-corrected chi connectivity index (χ4v) is 1.87. The maximum Gasteiger partial charge on any atom is 0.146 e. The van der Waals surface area contributed by atoms with Gasteiger partial charge < -0.3 is 0 Å². The molecule has 0 bridgehead atoms. The van der Waals surface area contributed by atoms with E-state index in [9.17, 15) is 19.2 Å². The van der Waals surface area contributed by atoms with Gasteiger partial charge in [0.15, 0.2) is 0 Å². The summed E-state index contributed by atoms with van der Waals surface area (Å²) in [6.07, 6.45) is 1.84. The topological polar surface area (TPSA) is 68.3 Å². The van der Waals surface area contributed by atoms with Crippen LogP contribution in [0.2, 0.25) is 0 Å². The lowest BCUT2D eigenvalue weighted by Gasteiger charge is -2.10. The summed E-state index contributed by atoms with van der Waals surface area (Å²) >= 11 is 0. The van der Waals surface area contributed by atoms with E-state index in [0.29, 0.717) is 25.7 Å². The minimum atomic E-state index is -0.667. The summed E-state index contributed by atoms with van der Waals surface area (Å²) < 4.78 is 0. The van der Waals surface area contributed by atoms with Crippen LogP contribution in [-0.4, -0.2) is 23.1 Å². The molecule has 4 heteroatoms. The molecule has 94 valence electrons. The fraction of sp³-hybridized carbons (Fsp3) is 0.692. The van der Waals surface area contributed by atoms with E-state index < -0.39 is 5.41 Å². The van der Waals surface area contributed by atoms with E-state index in [1.165, 1.54) is 0 Å². The number of carbonyl (C=O) groups is 4. The Morgan fingerprint density at radius 1 is 0.824 bits per heavy atom. The molecule has 0 aromatic carbocycles. The van der Waals surface area contributed by atoms with Crippen molar-refractivity contribution in [3.05, 3.63) is 0 Å². The lowest BCUT2D eigenvalue weighted by molar-refractivity contribution is -0.132. The Bertz CT molecular complexity index is 345. The van der Waals surface area contributed by atoms with Crippen molar-refractivity contribution >= 4 is 23.1 Å². The van der Waals surface area contributed by atoms with Crippen LogP contribution in [0.4, 0.5) is 0 Å². The normalized spacial score (nSPS) is 23.9. The summed E-state index contributed by atoms with van der Waals surface area (Å²) in [5.41, 5.74) is -0.667. The van der Waals surface area contributed by atoms with Gasteiger partial charge in [0.1, 0.15) is 23.1 Å². The second kappa shape index (κ2) is 4.90. The zero-order chi connectivity index (χ0) is 13.2. The van der Waals surface area contributed by atoms with Gasteiger partial charge in [-0.3, -0.25) is 19.2 Å². The van der Waals surface area contributed by atoms with Gasteiger partial charge in [-0.2, -0.15) is 0 Å². The molecule has 2 fully saturated rings. The number of carbonyl (C=O) groups excluding carboxylic acids is 4. The summed E-state index contributed by atoms with van der Waals surface area (Å²) in [6.45, 7) is 5.08. The number of hydrogen-bond donors (Lipinski definition) is 0. The number of hydrogen-bond acceptors (Lipinski definition) is 4. The van der Waals surface area contributed by atoms with E-state index >= 15 is 0 Å². The van der Waals surface area contributed by atoms with E-state index in [1.807, 2.05) is 0 Å². The van der Waals surface area contributed by atoms with Crippen molar-refractivity contribution in [1.29, 1.82) is 0 Å². The molecule has 2 aliphatic rings. The first kappa shape index (κ1) is 13.7. The number of rotatable bonds is 0. The maximum absolute atomic E-state index is 10.9. The number of ketones is 4. The van der Waals surface area contributed by atoms with Gasteiger partial charge in [-0.05, 0) is 20.8 Å². The predicted molar refractivity (Wildman–Crippen MR) is 61.4 cm³/mol. The number of Topliss-reactive ketones (excluding diaryl/α,β-unsaturated/α-hetero) is 4. The minimum Gasteiger partial charge on any atom is -0.299 e. The van der Waals surface area contributed by atoms with E-state index in [-0.39, 0.29) is 29.1 Å². The zero-order valence-corrected chi connectivity index (χ0v) is 10.5. The minimum absolute atomic E-state index is 0.0903. The van der Waals surface area contributed by atoms with Crippen molar-refractivity contribution in [1.82, 2.24) is 0 Å². The quantitative estimate of drug-likeness (QED) is 0.600. The Balaban J connectivity index is 0.000000171. The van der Waals surface area contributed by atoms with Crippen LogP contribution in [0.1, 0.15) is 46.5 Å². The molecular weight excluding hydrogens is 220 g/mol. The lowest BCUT2D eigenvalue weighted by Crippen LogP contribution is -2.24. The van der Waals surface area contributed by atoms with Crippen LogP contribution in [0.3, 0.4) is 0 Å². The summed E-state index contributed by atoms with van der Waals surface area (Å²) in [7, 11) is 0. The van der Waals surface area contributed by atoms with Gasteiger partial charge in [-0.1, -0.05) is 0 Å². The average Bonchev–Trinajstić information content (AvgIpc) is 2.68. The fourth-order valence-electron chi connectivity index (χ4n) is 1.87. The maximum atomic E-state index is 10.9. The first-order chi connectivity index (χ1) is 7.76. The molecule has 0 N–H and O–H groups in total. The van der Waals surface area contributed by atoms with Crippen molar-refractivity contribution in [3.8, 4) is 0 Å². The highest BCUT2D eigenvalue weighted by Gasteiger charge is 2.40. The Labute approximate surface area is 101 Å². The monoisotopic (exact) mass is 238 g/mol. The Morgan fingerprint density at radius 2 is 1.18 bits per heavy atom. The third-order valence-electron chi connectivity index (χ3n) is 3.56. The van der Waals surface area contributed by atoms with Crippen LogP contribution < -0.4 is 0 Å². The Hall–Kier alpha value is -1.32. The van der Waals surface area contributed by atoms with Gasteiger partial charge in [-0.25, -0.2) is 0 Å². The van der Waals surface area contributed by atoms with Crippen molar-refractivity contribution in [2.24, 2.45) is 11.3 Å². The summed E-state index contributed by atoms with van der Waals surface area (Å²) in [5, 5.41) is 0. The molecule has 0 aliphatic heterocycles. The molecular formula is C13H18O4. The molecule has 0 saturated heterocycles. The zero-order valence-electron chi connectivity index (χ0n) is 10.5. The van der Waals surface area contributed by atoms with E-state index in [1.54, 1.807) is 20.8 Å². The second-order valence-corrected chi connectivity index (χ2v) is 5.13. The predicted octanol–water partition coefficient (Wildman–Crippen LogP) is 1.50. The van der Waals surface area contributed by atoms with Crippen molar-refractivity contribution < 1.29 is 19.2 Å². The van der Waals surface area contributed by atoms with Crippen molar-refractivity contribution in [2.45, 2.75) is 46.5 Å². The van der Waals surface area contributed by atoms with Crippen LogP contribution in [0.15, 0.2) is 0 Å². The Kier molecular flexibility index (Phi) is 3.96. The molecule has 0 aromatic heterocycles. The van der Waals surface area contributed by atoms with E-state index in [2.05, 4.69) is 0 Å². The van der Waals surface area contributed by atoms with Crippen LogP contribution in [0, 0.1) is 11.3 Å². The molecule has 2 aliphatic carbocycles. The summed E-state index contributed by atoms with van der Waals surface area (Å²) in [4.78, 5) is 42.9. The van der Waals surface area contributed by atoms with Crippen molar-refractivity contribution in [2.75, 3.05) is 0 Å². The average molecular weight is 238 g/mol. The highest BCUT2D eigenvalue weighted by molar-refractivity contribution is 6.12. The highest BCUT2D eigenvalue weighted by Crippen LogP contribution is 2.29. The van der Waals surface area contributed by atoms with Crippen LogP contribution in [-0.2, 0) is 19.2 Å². The van der Waals surface area contributed by atoms with E-state index in [0.717, 1.165) is 0 Å². The second-order valence-electron chi connectivity index (χ2n) is 5.13. The van der Waals surface area contributed by atoms with Crippen molar-refractivity contribution in [3.63, 3.8) is 0 Å². The molecule has 17 heavy (non-hydrogen) atoms. The van der Waals surface area contributed by atoms with Crippen LogP contribution >= 0.6 is 0 Å². The first-order valence-electron chi connectivity index (χ1n) is 5.89. The summed E-state index contributed by atoms with van der Waals surface area (Å²) in [5.74, 6) is 0.0972. The van der Waals surface area contributed by atoms with Crippen LogP contribution in [0.25, 0.3) is 0 Å². The molecule has 0 unspecified atom stereocenters. The molecule has 4 nitrogen and oxygen atoms in total. The molecule has 0 heterocycles. The Morgan fingerprint density at radius 3 is 1.29 bits per heavy atom. The lowest BCUT2D eigenvalue weighted by atomic mass is 9.90. The molecule has 2 saturated carbocycles. The summed E-state index contributed by atoms with van der Waals surface area (Å²) in [6, 6.07) is 0. The molecule has 0 aromatic rings. The smallest absolute Gasteiger partial charge is 0.146 e. The van der Waals surface area contributed by atoms with Crippen LogP contribution in [0.5, 0.6) is 0 Å². The SMILES string of the molecule is CC1(C)C(=O)CCC1=O.CC1C(=O)CCC1=O. The largest absolute Gasteiger partial charge is 0.299 e. The van der Waals surface area contributed by atoms with Gasteiger partial charge in [0, 0.05) is 25.7 Å². The van der Waals surface area contributed by atoms with Gasteiger partial charge >= 0.3 is 0 Å². The molecule has 0 spiro atoms. The molecule has 0 radical (unpaired) electrons. The standard InChI is InChI=1S/C7H10O2.C6H8O2/c1-7(2)5(8)3-4-6(7)9;1-4-5(7)2-3-6(4)8/h3-4H2,1-2H3;4H,2-3H2,1H3. The van der Waals surface area contributed by atoms with Gasteiger partial charge in [0.25, 0.3) is 0 Å². The van der Waals surface area contributed by atoms with Gasteiger partial charge in [0.05, 0.1) is 11.3 Å². The van der Waals surface area contributed by atoms with Gasteiger partial charge in [-0.15, -0.1) is 0 Å².